The van der Waals surface area contributed by atoms with Gasteiger partial charge in [0.25, 0.3) is 0 Å². The van der Waals surface area contributed by atoms with Crippen molar-refractivity contribution in [3.05, 3.63) is 0 Å². The van der Waals surface area contributed by atoms with Gasteiger partial charge in [0.1, 0.15) is 9.84 Å². The Morgan fingerprint density at radius 3 is 2.47 bits per heavy atom. The van der Waals surface area contributed by atoms with Crippen molar-refractivity contribution < 1.29 is 13.2 Å². The highest BCUT2D eigenvalue weighted by Crippen LogP contribution is 2.21. The molecule has 6 heteroatoms. The van der Waals surface area contributed by atoms with E-state index in [0.29, 0.717) is 19.0 Å². The summed E-state index contributed by atoms with van der Waals surface area (Å²) in [5.41, 5.74) is 5.81. The Bertz CT molecular complexity index is 313. The third-order valence-electron chi connectivity index (χ3n) is 3.43. The molecule has 5 nitrogen and oxygen atoms in total. The van der Waals surface area contributed by atoms with Gasteiger partial charge in [-0.2, -0.15) is 0 Å². The Labute approximate surface area is 104 Å². The van der Waals surface area contributed by atoms with Crippen molar-refractivity contribution in [1.82, 2.24) is 4.90 Å². The van der Waals surface area contributed by atoms with Crippen molar-refractivity contribution >= 4 is 9.84 Å². The highest BCUT2D eigenvalue weighted by molar-refractivity contribution is 7.90. The van der Waals surface area contributed by atoms with E-state index >= 15 is 0 Å². The molecule has 17 heavy (non-hydrogen) atoms. The minimum Gasteiger partial charge on any atom is -0.381 e. The normalized spacial score (nSPS) is 20.7. The molecule has 1 unspecified atom stereocenters. The van der Waals surface area contributed by atoms with E-state index < -0.39 is 9.84 Å². The second-order valence-corrected chi connectivity index (χ2v) is 7.12. The lowest BCUT2D eigenvalue weighted by Crippen LogP contribution is -2.46. The second-order valence-electron chi connectivity index (χ2n) is 4.86. The molecular formula is C11H24N2O3S. The maximum atomic E-state index is 11.1. The van der Waals surface area contributed by atoms with E-state index in [-0.39, 0.29) is 11.8 Å². The Morgan fingerprint density at radius 2 is 2.00 bits per heavy atom. The summed E-state index contributed by atoms with van der Waals surface area (Å²) in [6.45, 7) is 2.71. The quantitative estimate of drug-likeness (QED) is 0.714. The minimum atomic E-state index is -2.90. The fourth-order valence-electron chi connectivity index (χ4n) is 2.31. The molecule has 1 saturated heterocycles. The van der Waals surface area contributed by atoms with Crippen LogP contribution in [0.5, 0.6) is 0 Å². The van der Waals surface area contributed by atoms with Crippen LogP contribution in [0.25, 0.3) is 0 Å². The van der Waals surface area contributed by atoms with Crippen LogP contribution in [-0.4, -0.2) is 64.7 Å². The molecule has 1 aliphatic heterocycles. The zero-order valence-electron chi connectivity index (χ0n) is 10.8. The van der Waals surface area contributed by atoms with Crippen molar-refractivity contribution in [3.8, 4) is 0 Å². The maximum absolute atomic E-state index is 11.1. The van der Waals surface area contributed by atoms with Crippen molar-refractivity contribution in [2.45, 2.75) is 18.9 Å². The van der Waals surface area contributed by atoms with Crippen LogP contribution in [-0.2, 0) is 14.6 Å². The Morgan fingerprint density at radius 1 is 1.41 bits per heavy atom. The molecule has 1 aliphatic rings. The summed E-state index contributed by atoms with van der Waals surface area (Å²) in [6.07, 6.45) is 3.31. The van der Waals surface area contributed by atoms with Gasteiger partial charge in [-0.25, -0.2) is 8.42 Å². The molecule has 1 fully saturated rings. The third kappa shape index (κ3) is 5.33. The van der Waals surface area contributed by atoms with E-state index in [2.05, 4.69) is 4.90 Å². The monoisotopic (exact) mass is 264 g/mol. The van der Waals surface area contributed by atoms with Crippen molar-refractivity contribution in [1.29, 1.82) is 0 Å². The van der Waals surface area contributed by atoms with Crippen molar-refractivity contribution in [2.24, 2.45) is 11.7 Å². The molecule has 0 aromatic carbocycles. The van der Waals surface area contributed by atoms with Gasteiger partial charge in [-0.15, -0.1) is 0 Å². The van der Waals surface area contributed by atoms with Gasteiger partial charge in [0.05, 0.1) is 5.75 Å². The van der Waals surface area contributed by atoms with Crippen LogP contribution in [0.3, 0.4) is 0 Å². The van der Waals surface area contributed by atoms with Gasteiger partial charge in [0.15, 0.2) is 0 Å². The molecule has 0 amide bonds. The highest BCUT2D eigenvalue weighted by Gasteiger charge is 2.26. The minimum absolute atomic E-state index is 0.198. The maximum Gasteiger partial charge on any atom is 0.148 e. The Kier molecular flexibility index (Phi) is 5.85. The number of ether oxygens (including phenoxy) is 1. The molecule has 0 spiro atoms. The average molecular weight is 264 g/mol. The fourth-order valence-corrected chi connectivity index (χ4v) is 2.93. The SMILES string of the molecule is CN(CCS(C)(=O)=O)C(CN)C1CCOCC1. The van der Waals surface area contributed by atoms with Gasteiger partial charge in [0, 0.05) is 38.6 Å². The average Bonchev–Trinajstić information content (AvgIpc) is 2.28. The first-order valence-corrected chi connectivity index (χ1v) is 8.16. The van der Waals surface area contributed by atoms with Crippen LogP contribution >= 0.6 is 0 Å². The van der Waals surface area contributed by atoms with E-state index in [4.69, 9.17) is 10.5 Å². The molecule has 1 heterocycles. The fraction of sp³-hybridized carbons (Fsp3) is 1.00. The molecule has 0 saturated carbocycles. The van der Waals surface area contributed by atoms with Gasteiger partial charge >= 0.3 is 0 Å². The molecule has 0 bridgehead atoms. The number of hydrogen-bond donors (Lipinski definition) is 1. The molecule has 0 aromatic heterocycles. The summed E-state index contributed by atoms with van der Waals surface area (Å²) >= 11 is 0. The van der Waals surface area contributed by atoms with Crippen molar-refractivity contribution in [3.63, 3.8) is 0 Å². The molecule has 2 N–H and O–H groups in total. The smallest absolute Gasteiger partial charge is 0.148 e. The lowest BCUT2D eigenvalue weighted by atomic mass is 9.91. The van der Waals surface area contributed by atoms with Crippen molar-refractivity contribution in [2.75, 3.05) is 45.4 Å². The van der Waals surface area contributed by atoms with Crippen LogP contribution in [0, 0.1) is 5.92 Å². The van der Waals surface area contributed by atoms with Gasteiger partial charge in [0.2, 0.25) is 0 Å². The molecular weight excluding hydrogens is 240 g/mol. The summed E-state index contributed by atoms with van der Waals surface area (Å²) in [7, 11) is -0.942. The van der Waals surface area contributed by atoms with E-state index in [1.807, 2.05) is 7.05 Å². The molecule has 1 atom stereocenters. The topological polar surface area (TPSA) is 72.6 Å². The number of nitrogens with two attached hydrogens (primary N) is 1. The summed E-state index contributed by atoms with van der Waals surface area (Å²) in [5.74, 6) is 0.724. The largest absolute Gasteiger partial charge is 0.381 e. The Hall–Kier alpha value is -0.170. The van der Waals surface area contributed by atoms with Crippen LogP contribution in [0.2, 0.25) is 0 Å². The predicted octanol–water partition coefficient (Wildman–Crippen LogP) is -0.283. The van der Waals surface area contributed by atoms with Gasteiger partial charge in [-0.1, -0.05) is 0 Å². The first kappa shape index (κ1) is 14.9. The lowest BCUT2D eigenvalue weighted by Gasteiger charge is -2.35. The number of likely N-dealkylation sites (N-methyl/N-ethyl adjacent to an activating group) is 1. The first-order valence-electron chi connectivity index (χ1n) is 6.10. The Balaban J connectivity index is 2.47. The van der Waals surface area contributed by atoms with Gasteiger partial charge < -0.3 is 15.4 Å². The van der Waals surface area contributed by atoms with Crippen LogP contribution in [0.4, 0.5) is 0 Å². The summed E-state index contributed by atoms with van der Waals surface area (Å²) < 4.78 is 27.6. The standard InChI is InChI=1S/C11H24N2O3S/c1-13(5-8-17(2,14)15)11(9-12)10-3-6-16-7-4-10/h10-11H,3-9,12H2,1-2H3. The van der Waals surface area contributed by atoms with Gasteiger partial charge in [-0.3, -0.25) is 0 Å². The van der Waals surface area contributed by atoms with Crippen LogP contribution in [0.15, 0.2) is 0 Å². The van der Waals surface area contributed by atoms with E-state index in [1.54, 1.807) is 0 Å². The zero-order chi connectivity index (χ0) is 12.9. The summed E-state index contributed by atoms with van der Waals surface area (Å²) in [5, 5.41) is 0. The summed E-state index contributed by atoms with van der Waals surface area (Å²) in [6, 6.07) is 0.264. The third-order valence-corrected chi connectivity index (χ3v) is 4.36. The second kappa shape index (κ2) is 6.68. The zero-order valence-corrected chi connectivity index (χ0v) is 11.6. The number of rotatable bonds is 6. The molecule has 0 radical (unpaired) electrons. The number of hydrogen-bond acceptors (Lipinski definition) is 5. The van der Waals surface area contributed by atoms with E-state index in [9.17, 15) is 8.42 Å². The molecule has 1 rings (SSSR count). The lowest BCUT2D eigenvalue weighted by molar-refractivity contribution is 0.0350. The van der Waals surface area contributed by atoms with E-state index in [1.165, 1.54) is 6.26 Å². The molecule has 0 aromatic rings. The molecule has 0 aliphatic carbocycles. The predicted molar refractivity (Wildman–Crippen MR) is 68.7 cm³/mol. The molecule has 102 valence electrons. The first-order chi connectivity index (χ1) is 7.94. The van der Waals surface area contributed by atoms with Crippen LogP contribution < -0.4 is 5.73 Å². The van der Waals surface area contributed by atoms with Gasteiger partial charge in [-0.05, 0) is 25.8 Å². The summed E-state index contributed by atoms with van der Waals surface area (Å²) in [4.78, 5) is 2.08. The highest BCUT2D eigenvalue weighted by atomic mass is 32.2. The number of nitrogens with zero attached hydrogens (tertiary/aromatic N) is 1. The van der Waals surface area contributed by atoms with Crippen LogP contribution in [0.1, 0.15) is 12.8 Å². The number of sulfone groups is 1. The van der Waals surface area contributed by atoms with E-state index in [0.717, 1.165) is 26.1 Å².